The molecule has 0 aromatic carbocycles. The second kappa shape index (κ2) is 4.06. The smallest absolute Gasteiger partial charge is 0.0732 e. The van der Waals surface area contributed by atoms with Gasteiger partial charge in [-0.3, -0.25) is 4.99 Å². The molecule has 0 spiro atoms. The molecule has 0 atom stereocenters. The molecule has 0 aliphatic rings. The second-order valence-corrected chi connectivity index (χ2v) is 3.09. The average Bonchev–Trinajstić information content (AvgIpc) is 1.84. The van der Waals surface area contributed by atoms with Crippen LogP contribution in [0.1, 0.15) is 27.7 Å². The fourth-order valence-corrected chi connectivity index (χ4v) is 0.714. The Morgan fingerprint density at radius 1 is 1.45 bits per heavy atom. The molecule has 0 radical (unpaired) electrons. The monoisotopic (exact) mass is 152 g/mol. The van der Waals surface area contributed by atoms with Crippen LogP contribution in [0.3, 0.4) is 0 Å². The van der Waals surface area contributed by atoms with E-state index < -0.39 is 0 Å². The zero-order valence-electron chi connectivity index (χ0n) is 7.68. The van der Waals surface area contributed by atoms with Crippen molar-refractivity contribution in [2.24, 2.45) is 4.99 Å². The van der Waals surface area contributed by atoms with Gasteiger partial charge in [0.05, 0.1) is 5.54 Å². The van der Waals surface area contributed by atoms with Crippen LogP contribution in [0, 0.1) is 5.41 Å². The number of hydrogen-bond donors (Lipinski definition) is 1. The highest BCUT2D eigenvalue weighted by atomic mass is 14.8. The van der Waals surface area contributed by atoms with Gasteiger partial charge in [0.15, 0.2) is 0 Å². The van der Waals surface area contributed by atoms with Crippen LogP contribution in [0.2, 0.25) is 0 Å². The van der Waals surface area contributed by atoms with Gasteiger partial charge in [0, 0.05) is 11.9 Å². The number of hydrogen-bond acceptors (Lipinski definition) is 2. The molecule has 62 valence electrons. The summed E-state index contributed by atoms with van der Waals surface area (Å²) in [6.45, 7) is 7.70. The fraction of sp³-hybridized carbons (Fsp3) is 0.556. The van der Waals surface area contributed by atoms with Crippen LogP contribution in [0.4, 0.5) is 0 Å². The predicted molar refractivity (Wildman–Crippen MR) is 50.8 cm³/mol. The van der Waals surface area contributed by atoms with E-state index in [9.17, 15) is 0 Å². The lowest BCUT2D eigenvalue weighted by molar-refractivity contribution is 0.661. The molecule has 11 heavy (non-hydrogen) atoms. The van der Waals surface area contributed by atoms with Crippen LogP contribution in [0.15, 0.2) is 17.1 Å². The number of aliphatic imine (C=N–C) groups is 1. The number of nitrogens with zero attached hydrogens (tertiary/aromatic N) is 1. The molecule has 0 saturated heterocycles. The summed E-state index contributed by atoms with van der Waals surface area (Å²) >= 11 is 0. The molecule has 0 saturated carbocycles. The van der Waals surface area contributed by atoms with Gasteiger partial charge in [0.2, 0.25) is 0 Å². The van der Waals surface area contributed by atoms with Crippen molar-refractivity contribution in [2.75, 3.05) is 0 Å². The normalized spacial score (nSPS) is 13.1. The minimum Gasteiger partial charge on any atom is -0.304 e. The minimum absolute atomic E-state index is 0.170. The molecule has 0 aliphatic carbocycles. The van der Waals surface area contributed by atoms with E-state index in [0.717, 1.165) is 0 Å². The predicted octanol–water partition coefficient (Wildman–Crippen LogP) is 2.45. The van der Waals surface area contributed by atoms with E-state index in [1.165, 1.54) is 0 Å². The van der Waals surface area contributed by atoms with Gasteiger partial charge in [-0.1, -0.05) is 12.2 Å². The lowest BCUT2D eigenvalue weighted by Gasteiger charge is -2.12. The first-order chi connectivity index (χ1) is 4.98. The third-order valence-electron chi connectivity index (χ3n) is 1.17. The van der Waals surface area contributed by atoms with Crippen LogP contribution in [0.5, 0.6) is 0 Å². The number of allylic oxidation sites excluding steroid dienone is 1. The van der Waals surface area contributed by atoms with Gasteiger partial charge < -0.3 is 5.41 Å². The topological polar surface area (TPSA) is 36.2 Å². The summed E-state index contributed by atoms with van der Waals surface area (Å²) in [5.74, 6) is 0. The maximum absolute atomic E-state index is 7.13. The summed E-state index contributed by atoms with van der Waals surface area (Å²) in [7, 11) is 0. The van der Waals surface area contributed by atoms with Crippen LogP contribution < -0.4 is 0 Å². The van der Waals surface area contributed by atoms with Gasteiger partial charge in [0.25, 0.3) is 0 Å². The zero-order chi connectivity index (χ0) is 8.91. The van der Waals surface area contributed by atoms with E-state index in [2.05, 4.69) is 4.99 Å². The first kappa shape index (κ1) is 10.1. The molecule has 0 unspecified atom stereocenters. The summed E-state index contributed by atoms with van der Waals surface area (Å²) in [6, 6.07) is 0. The molecule has 0 heterocycles. The van der Waals surface area contributed by atoms with Crippen molar-refractivity contribution in [2.45, 2.75) is 33.2 Å². The van der Waals surface area contributed by atoms with E-state index in [-0.39, 0.29) is 5.54 Å². The van der Waals surface area contributed by atoms with Gasteiger partial charge in [-0.25, -0.2) is 0 Å². The largest absolute Gasteiger partial charge is 0.304 e. The Kier molecular flexibility index (Phi) is 3.72. The van der Waals surface area contributed by atoms with Gasteiger partial charge in [-0.05, 0) is 27.7 Å². The van der Waals surface area contributed by atoms with Crippen LogP contribution in [0.25, 0.3) is 0 Å². The van der Waals surface area contributed by atoms with Gasteiger partial charge >= 0.3 is 0 Å². The summed E-state index contributed by atoms with van der Waals surface area (Å²) < 4.78 is 0. The van der Waals surface area contributed by atoms with Crippen molar-refractivity contribution in [3.8, 4) is 0 Å². The zero-order valence-corrected chi connectivity index (χ0v) is 7.68. The SMILES string of the molecule is C/C=C\C(C)(C)N=CC(C)=N. The van der Waals surface area contributed by atoms with Crippen molar-refractivity contribution in [1.82, 2.24) is 0 Å². The quantitative estimate of drug-likeness (QED) is 0.476. The third-order valence-corrected chi connectivity index (χ3v) is 1.17. The van der Waals surface area contributed by atoms with E-state index >= 15 is 0 Å². The van der Waals surface area contributed by atoms with Crippen LogP contribution in [-0.2, 0) is 0 Å². The Morgan fingerprint density at radius 2 is 2.00 bits per heavy atom. The first-order valence-electron chi connectivity index (χ1n) is 3.72. The van der Waals surface area contributed by atoms with Crippen LogP contribution >= 0.6 is 0 Å². The van der Waals surface area contributed by atoms with Gasteiger partial charge in [-0.2, -0.15) is 0 Å². The Bertz CT molecular complexity index is 188. The Balaban J connectivity index is 4.22. The van der Waals surface area contributed by atoms with Crippen molar-refractivity contribution in [1.29, 1.82) is 5.41 Å². The first-order valence-corrected chi connectivity index (χ1v) is 3.72. The highest BCUT2D eigenvalue weighted by Gasteiger charge is 2.08. The molecule has 0 aromatic rings. The molecule has 0 rings (SSSR count). The molecule has 0 bridgehead atoms. The molecule has 2 nitrogen and oxygen atoms in total. The summed E-state index contributed by atoms with van der Waals surface area (Å²) in [6.07, 6.45) is 5.56. The Hall–Kier alpha value is -0.920. The van der Waals surface area contributed by atoms with Crippen molar-refractivity contribution in [3.63, 3.8) is 0 Å². The van der Waals surface area contributed by atoms with Crippen molar-refractivity contribution >= 4 is 11.9 Å². The molecule has 0 fully saturated rings. The summed E-state index contributed by atoms with van der Waals surface area (Å²) in [4.78, 5) is 4.21. The average molecular weight is 152 g/mol. The van der Waals surface area contributed by atoms with Crippen LogP contribution in [-0.4, -0.2) is 17.5 Å². The highest BCUT2D eigenvalue weighted by Crippen LogP contribution is 2.09. The molecule has 0 amide bonds. The third kappa shape index (κ3) is 5.52. The van der Waals surface area contributed by atoms with Gasteiger partial charge in [0.1, 0.15) is 0 Å². The summed E-state index contributed by atoms with van der Waals surface area (Å²) in [5.41, 5.74) is 0.319. The highest BCUT2D eigenvalue weighted by molar-refractivity contribution is 6.27. The maximum atomic E-state index is 7.13. The lowest BCUT2D eigenvalue weighted by Crippen LogP contribution is -2.13. The molecular formula is C9H16N2. The van der Waals surface area contributed by atoms with E-state index in [1.54, 1.807) is 13.1 Å². The number of nitrogens with one attached hydrogen (secondary N) is 1. The number of rotatable bonds is 3. The van der Waals surface area contributed by atoms with E-state index in [0.29, 0.717) is 5.71 Å². The Labute approximate surface area is 68.5 Å². The molecule has 0 aromatic heterocycles. The minimum atomic E-state index is -0.170. The molecule has 2 heteroatoms. The van der Waals surface area contributed by atoms with E-state index in [4.69, 9.17) is 5.41 Å². The lowest BCUT2D eigenvalue weighted by atomic mass is 10.1. The molecular weight excluding hydrogens is 136 g/mol. The summed E-state index contributed by atoms with van der Waals surface area (Å²) in [5, 5.41) is 7.13. The molecule has 1 N–H and O–H groups in total. The molecule has 0 aliphatic heterocycles. The fourth-order valence-electron chi connectivity index (χ4n) is 0.714. The van der Waals surface area contributed by atoms with E-state index in [1.807, 2.05) is 32.9 Å². The van der Waals surface area contributed by atoms with Gasteiger partial charge in [-0.15, -0.1) is 0 Å². The van der Waals surface area contributed by atoms with Crippen molar-refractivity contribution in [3.05, 3.63) is 12.2 Å². The second-order valence-electron chi connectivity index (χ2n) is 3.09. The van der Waals surface area contributed by atoms with Crippen molar-refractivity contribution < 1.29 is 0 Å². The standard InChI is InChI=1S/C9H16N2/c1-5-6-9(3,4)11-7-8(2)10/h5-7,10H,1-4H3/b6-5-,10-8?,11-7?. The Morgan fingerprint density at radius 3 is 2.36 bits per heavy atom. The maximum Gasteiger partial charge on any atom is 0.0732 e.